The number of hydrogen-bond donors (Lipinski definition) is 2. The van der Waals surface area contributed by atoms with Gasteiger partial charge in [-0.1, -0.05) is 0 Å². The van der Waals surface area contributed by atoms with Gasteiger partial charge in [-0.25, -0.2) is 0 Å². The SMILES string of the molecule is NCC(=O)OCCOCCOCCOCCOCCOCCOCCOCCOCCOCCOCCOCCO. The lowest BCUT2D eigenvalue weighted by atomic mass is 10.6. The molecule has 0 aliphatic carbocycles. The van der Waals surface area contributed by atoms with E-state index in [9.17, 15) is 4.79 Å². The molecule has 15 nitrogen and oxygen atoms in total. The second-order valence-electron chi connectivity index (χ2n) is 7.88. The van der Waals surface area contributed by atoms with Crippen LogP contribution in [0.4, 0.5) is 0 Å². The van der Waals surface area contributed by atoms with E-state index in [0.717, 1.165) is 0 Å². The van der Waals surface area contributed by atoms with Crippen molar-refractivity contribution in [3.63, 3.8) is 0 Å². The van der Waals surface area contributed by atoms with Gasteiger partial charge in [0.2, 0.25) is 0 Å². The monoisotopic (exact) mass is 603 g/mol. The molecule has 0 saturated heterocycles. The number of aliphatic hydroxyl groups excluding tert-OH is 1. The molecule has 3 N–H and O–H groups in total. The minimum absolute atomic E-state index is 0.0217. The molecule has 246 valence electrons. The van der Waals surface area contributed by atoms with Gasteiger partial charge in [-0.05, 0) is 0 Å². The fourth-order valence-corrected chi connectivity index (χ4v) is 2.64. The number of esters is 1. The maximum atomic E-state index is 10.8. The molecule has 0 aliphatic rings. The molecule has 0 saturated carbocycles. The van der Waals surface area contributed by atoms with Crippen molar-refractivity contribution >= 4 is 5.97 Å². The molecule has 0 rings (SSSR count). The molecule has 0 bridgehead atoms. The average Bonchev–Trinajstić information content (AvgIpc) is 2.99. The number of hydrogen-bond acceptors (Lipinski definition) is 15. The molecule has 0 radical (unpaired) electrons. The van der Waals surface area contributed by atoms with Gasteiger partial charge >= 0.3 is 5.97 Å². The van der Waals surface area contributed by atoms with Crippen molar-refractivity contribution in [3.05, 3.63) is 0 Å². The zero-order valence-corrected chi connectivity index (χ0v) is 24.5. The Bertz CT molecular complexity index is 507. The molecule has 0 aromatic carbocycles. The van der Waals surface area contributed by atoms with Crippen LogP contribution in [-0.4, -0.2) is 176 Å². The first-order chi connectivity index (χ1) is 20.3. The van der Waals surface area contributed by atoms with Crippen molar-refractivity contribution in [2.24, 2.45) is 5.73 Å². The highest BCUT2D eigenvalue weighted by molar-refractivity contribution is 5.71. The van der Waals surface area contributed by atoms with E-state index in [1.54, 1.807) is 0 Å². The minimum atomic E-state index is -0.447. The van der Waals surface area contributed by atoms with Crippen LogP contribution < -0.4 is 5.73 Å². The van der Waals surface area contributed by atoms with Crippen LogP contribution in [-0.2, 0) is 61.6 Å². The second-order valence-corrected chi connectivity index (χ2v) is 7.88. The van der Waals surface area contributed by atoms with Crippen molar-refractivity contribution < 1.29 is 66.7 Å². The number of rotatable bonds is 36. The predicted molar refractivity (Wildman–Crippen MR) is 146 cm³/mol. The van der Waals surface area contributed by atoms with Crippen LogP contribution in [0.3, 0.4) is 0 Å². The number of nitrogens with two attached hydrogens (primary N) is 1. The van der Waals surface area contributed by atoms with Gasteiger partial charge in [0.25, 0.3) is 0 Å². The standard InChI is InChI=1S/C26H53NO14/c27-25-26(29)41-24-23-40-22-21-39-20-19-38-18-17-37-16-15-36-14-13-35-12-11-34-10-9-33-8-7-32-6-5-31-4-3-30-2-1-28/h28H,1-25,27H2. The Morgan fingerprint density at radius 3 is 0.756 bits per heavy atom. The van der Waals surface area contributed by atoms with Crippen LogP contribution in [0.15, 0.2) is 0 Å². The molecule has 0 fully saturated rings. The maximum absolute atomic E-state index is 10.8. The summed E-state index contributed by atoms with van der Waals surface area (Å²) < 4.78 is 63.7. The van der Waals surface area contributed by atoms with Gasteiger partial charge in [-0.15, -0.1) is 0 Å². The van der Waals surface area contributed by atoms with E-state index >= 15 is 0 Å². The summed E-state index contributed by atoms with van der Waals surface area (Å²) in [5, 5.41) is 8.56. The van der Waals surface area contributed by atoms with Crippen molar-refractivity contribution in [3.8, 4) is 0 Å². The summed E-state index contributed by atoms with van der Waals surface area (Å²) in [5.41, 5.74) is 5.12. The summed E-state index contributed by atoms with van der Waals surface area (Å²) in [6.45, 7) is 10.4. The Labute approximate surface area is 244 Å². The van der Waals surface area contributed by atoms with Crippen molar-refractivity contribution in [1.29, 1.82) is 0 Å². The molecule has 15 heteroatoms. The Morgan fingerprint density at radius 2 is 0.561 bits per heavy atom. The van der Waals surface area contributed by atoms with Gasteiger partial charge < -0.3 is 67.7 Å². The third-order valence-corrected chi connectivity index (χ3v) is 4.61. The summed E-state index contributed by atoms with van der Waals surface area (Å²) in [6.07, 6.45) is 0. The zero-order chi connectivity index (χ0) is 29.7. The lowest BCUT2D eigenvalue weighted by Gasteiger charge is -2.09. The molecule has 41 heavy (non-hydrogen) atoms. The third-order valence-electron chi connectivity index (χ3n) is 4.61. The summed E-state index contributed by atoms with van der Waals surface area (Å²) in [6, 6.07) is 0. The Kier molecular flexibility index (Phi) is 36.0. The first-order valence-corrected chi connectivity index (χ1v) is 14.1. The van der Waals surface area contributed by atoms with Gasteiger partial charge in [0.1, 0.15) is 6.61 Å². The van der Waals surface area contributed by atoms with Gasteiger partial charge in [0.05, 0.1) is 159 Å². The van der Waals surface area contributed by atoms with E-state index in [-0.39, 0.29) is 19.8 Å². The Morgan fingerprint density at radius 1 is 0.366 bits per heavy atom. The smallest absolute Gasteiger partial charge is 0.319 e. The third kappa shape index (κ3) is 36.9. The minimum Gasteiger partial charge on any atom is -0.462 e. The van der Waals surface area contributed by atoms with Gasteiger partial charge in [0.15, 0.2) is 0 Å². The molecule has 0 unspecified atom stereocenters. The maximum Gasteiger partial charge on any atom is 0.319 e. The van der Waals surface area contributed by atoms with Crippen LogP contribution >= 0.6 is 0 Å². The second kappa shape index (κ2) is 37.0. The van der Waals surface area contributed by atoms with Crippen molar-refractivity contribution in [2.45, 2.75) is 0 Å². The number of carbonyl (C=O) groups is 1. The fourth-order valence-electron chi connectivity index (χ4n) is 2.64. The fraction of sp³-hybridized carbons (Fsp3) is 0.962. The first-order valence-electron chi connectivity index (χ1n) is 14.1. The lowest BCUT2D eigenvalue weighted by molar-refractivity contribution is -0.143. The zero-order valence-electron chi connectivity index (χ0n) is 24.5. The van der Waals surface area contributed by atoms with Gasteiger partial charge in [-0.2, -0.15) is 0 Å². The number of aliphatic hydroxyl groups is 1. The van der Waals surface area contributed by atoms with Gasteiger partial charge in [0, 0.05) is 0 Å². The van der Waals surface area contributed by atoms with E-state index < -0.39 is 5.97 Å². The molecule has 0 atom stereocenters. The van der Waals surface area contributed by atoms with Crippen molar-refractivity contribution in [2.75, 3.05) is 165 Å². The van der Waals surface area contributed by atoms with Gasteiger partial charge in [-0.3, -0.25) is 4.79 Å². The number of carbonyl (C=O) groups excluding carboxylic acids is 1. The van der Waals surface area contributed by atoms with E-state index in [1.807, 2.05) is 0 Å². The predicted octanol–water partition coefficient (Wildman–Crippen LogP) is -1.34. The largest absolute Gasteiger partial charge is 0.462 e. The molecule has 0 aromatic rings. The van der Waals surface area contributed by atoms with E-state index in [2.05, 4.69) is 0 Å². The molecule has 0 spiro atoms. The highest BCUT2D eigenvalue weighted by Crippen LogP contribution is 1.87. The molecule has 0 aliphatic heterocycles. The highest BCUT2D eigenvalue weighted by atomic mass is 16.6. The normalized spacial score (nSPS) is 11.4. The molecular weight excluding hydrogens is 550 g/mol. The average molecular weight is 604 g/mol. The van der Waals surface area contributed by atoms with E-state index in [0.29, 0.717) is 145 Å². The number of ether oxygens (including phenoxy) is 12. The van der Waals surface area contributed by atoms with Crippen LogP contribution in [0.5, 0.6) is 0 Å². The first kappa shape index (κ1) is 40.0. The van der Waals surface area contributed by atoms with E-state index in [1.165, 1.54) is 0 Å². The lowest BCUT2D eigenvalue weighted by Crippen LogP contribution is -2.19. The van der Waals surface area contributed by atoms with Crippen molar-refractivity contribution in [1.82, 2.24) is 0 Å². The molecule has 0 amide bonds. The molecule has 0 heterocycles. The quantitative estimate of drug-likeness (QED) is 0.0636. The van der Waals surface area contributed by atoms with Crippen LogP contribution in [0.2, 0.25) is 0 Å². The Balaban J connectivity index is 3.04. The summed E-state index contributed by atoms with van der Waals surface area (Å²) in [7, 11) is 0. The highest BCUT2D eigenvalue weighted by Gasteiger charge is 1.98. The van der Waals surface area contributed by atoms with Crippen LogP contribution in [0, 0.1) is 0 Å². The Hall–Kier alpha value is -1.05. The van der Waals surface area contributed by atoms with Crippen LogP contribution in [0.25, 0.3) is 0 Å². The van der Waals surface area contributed by atoms with Crippen LogP contribution in [0.1, 0.15) is 0 Å². The molecule has 0 aromatic heterocycles. The summed E-state index contributed by atoms with van der Waals surface area (Å²) >= 11 is 0. The van der Waals surface area contributed by atoms with E-state index in [4.69, 9.17) is 67.7 Å². The summed E-state index contributed by atoms with van der Waals surface area (Å²) in [4.78, 5) is 10.8. The topological polar surface area (TPSA) is 174 Å². The summed E-state index contributed by atoms with van der Waals surface area (Å²) in [5.74, 6) is -0.447. The molecular formula is C26H53NO14.